The van der Waals surface area contributed by atoms with Crippen LogP contribution in [0.4, 0.5) is 5.69 Å². The summed E-state index contributed by atoms with van der Waals surface area (Å²) in [4.78, 5) is 12.3. The van der Waals surface area contributed by atoms with Gasteiger partial charge in [-0.15, -0.1) is 0 Å². The van der Waals surface area contributed by atoms with E-state index in [1.54, 1.807) is 24.3 Å². The molecule has 7 heteroatoms. The SMILES string of the molecule is O=C(Nc1ccc(S(=O)(=O)N2C[C@@H]3C[C@H]4C[C@H]3[C@H]2[C@H]4O)cc1)C1CCC1. The first kappa shape index (κ1) is 16.7. The maximum atomic E-state index is 13.1. The molecule has 6 nitrogen and oxygen atoms in total. The van der Waals surface area contributed by atoms with Crippen LogP contribution in [0.2, 0.25) is 0 Å². The van der Waals surface area contributed by atoms with Crippen LogP contribution in [-0.2, 0) is 14.8 Å². The Morgan fingerprint density at radius 2 is 1.85 bits per heavy atom. The van der Waals surface area contributed by atoms with Gasteiger partial charge in [0, 0.05) is 18.2 Å². The largest absolute Gasteiger partial charge is 0.391 e. The summed E-state index contributed by atoms with van der Waals surface area (Å²) >= 11 is 0. The Morgan fingerprint density at radius 3 is 2.46 bits per heavy atom. The molecule has 1 aliphatic heterocycles. The number of aliphatic hydroxyl groups is 1. The Bertz CT molecular complexity index is 832. The number of carbonyl (C=O) groups excluding carboxylic acids is 1. The zero-order valence-corrected chi connectivity index (χ0v) is 15.4. The molecule has 140 valence electrons. The van der Waals surface area contributed by atoms with Crippen molar-refractivity contribution in [3.63, 3.8) is 0 Å². The molecule has 0 radical (unpaired) electrons. The third-order valence-corrected chi connectivity index (χ3v) is 8.89. The van der Waals surface area contributed by atoms with Crippen LogP contribution in [0, 0.1) is 23.7 Å². The van der Waals surface area contributed by atoms with Crippen molar-refractivity contribution in [3.8, 4) is 0 Å². The average Bonchev–Trinajstić information content (AvgIpc) is 3.16. The molecule has 3 saturated carbocycles. The van der Waals surface area contributed by atoms with Gasteiger partial charge in [0.25, 0.3) is 0 Å². The van der Waals surface area contributed by atoms with Crippen molar-refractivity contribution in [1.29, 1.82) is 0 Å². The molecule has 1 aromatic carbocycles. The van der Waals surface area contributed by atoms with Gasteiger partial charge in [-0.05, 0) is 67.7 Å². The minimum Gasteiger partial charge on any atom is -0.391 e. The van der Waals surface area contributed by atoms with Gasteiger partial charge in [0.15, 0.2) is 0 Å². The summed E-state index contributed by atoms with van der Waals surface area (Å²) in [5.74, 6) is 1.08. The molecular weight excluding hydrogens is 352 g/mol. The smallest absolute Gasteiger partial charge is 0.243 e. The minimum atomic E-state index is -3.63. The lowest BCUT2D eigenvalue weighted by Crippen LogP contribution is -2.43. The molecule has 5 rings (SSSR count). The normalized spacial score (nSPS) is 36.3. The van der Waals surface area contributed by atoms with Crippen LogP contribution in [0.1, 0.15) is 32.1 Å². The number of benzene rings is 1. The lowest BCUT2D eigenvalue weighted by Gasteiger charge is -2.28. The highest BCUT2D eigenvalue weighted by atomic mass is 32.2. The van der Waals surface area contributed by atoms with Gasteiger partial charge in [-0.1, -0.05) is 6.42 Å². The van der Waals surface area contributed by atoms with Gasteiger partial charge < -0.3 is 10.4 Å². The van der Waals surface area contributed by atoms with Gasteiger partial charge in [0.1, 0.15) is 0 Å². The number of fused-ring (bicyclic) bond motifs is 1. The highest BCUT2D eigenvalue weighted by Crippen LogP contribution is 2.56. The number of anilines is 1. The third-order valence-electron chi connectivity index (χ3n) is 7.01. The molecule has 2 bridgehead atoms. The van der Waals surface area contributed by atoms with E-state index < -0.39 is 16.1 Å². The summed E-state index contributed by atoms with van der Waals surface area (Å²) in [6.07, 6.45) is 4.33. The van der Waals surface area contributed by atoms with E-state index in [1.807, 2.05) is 0 Å². The van der Waals surface area contributed by atoms with Gasteiger partial charge >= 0.3 is 0 Å². The standard InChI is InChI=1S/C19H24N2O4S/c22-18-12-8-13-10-21(17(18)16(13)9-12)26(24,25)15-6-4-14(5-7-15)20-19(23)11-2-1-3-11/h4-7,11-13,16-18,22H,1-3,8-10H2,(H,20,23)/t12-,13-,16+,17-,18-/m0/s1. The summed E-state index contributed by atoms with van der Waals surface area (Å²) in [6.45, 7) is 0.519. The summed E-state index contributed by atoms with van der Waals surface area (Å²) in [7, 11) is -3.63. The van der Waals surface area contributed by atoms with Crippen molar-refractivity contribution in [2.75, 3.05) is 11.9 Å². The topological polar surface area (TPSA) is 86.7 Å². The molecule has 26 heavy (non-hydrogen) atoms. The zero-order valence-electron chi connectivity index (χ0n) is 14.5. The van der Waals surface area contributed by atoms with E-state index in [0.29, 0.717) is 24.1 Å². The fourth-order valence-corrected chi connectivity index (χ4v) is 7.14. The quantitative estimate of drug-likeness (QED) is 0.839. The van der Waals surface area contributed by atoms with Crippen molar-refractivity contribution >= 4 is 21.6 Å². The molecule has 1 saturated heterocycles. The first-order valence-corrected chi connectivity index (χ1v) is 11.0. The van der Waals surface area contributed by atoms with E-state index in [2.05, 4.69) is 5.32 Å². The number of carbonyl (C=O) groups is 1. The molecule has 0 spiro atoms. The van der Waals surface area contributed by atoms with Crippen LogP contribution in [0.5, 0.6) is 0 Å². The Morgan fingerprint density at radius 1 is 1.12 bits per heavy atom. The second kappa shape index (κ2) is 5.78. The summed E-state index contributed by atoms with van der Waals surface area (Å²) in [5, 5.41) is 13.3. The van der Waals surface area contributed by atoms with Crippen molar-refractivity contribution in [2.45, 2.75) is 49.1 Å². The van der Waals surface area contributed by atoms with Crippen LogP contribution in [0.15, 0.2) is 29.2 Å². The molecular formula is C19H24N2O4S. The van der Waals surface area contributed by atoms with Gasteiger partial charge in [-0.25, -0.2) is 8.42 Å². The van der Waals surface area contributed by atoms with Gasteiger partial charge in [-0.2, -0.15) is 4.31 Å². The monoisotopic (exact) mass is 376 g/mol. The maximum absolute atomic E-state index is 13.1. The average molecular weight is 376 g/mol. The molecule has 5 atom stereocenters. The number of aliphatic hydroxyl groups excluding tert-OH is 1. The maximum Gasteiger partial charge on any atom is 0.243 e. The van der Waals surface area contributed by atoms with Gasteiger partial charge in [-0.3, -0.25) is 4.79 Å². The van der Waals surface area contributed by atoms with Gasteiger partial charge in [0.05, 0.1) is 17.0 Å². The molecule has 0 unspecified atom stereocenters. The lowest BCUT2D eigenvalue weighted by atomic mass is 9.85. The fourth-order valence-electron chi connectivity index (χ4n) is 5.40. The molecule has 2 N–H and O–H groups in total. The van der Waals surface area contributed by atoms with Crippen molar-refractivity contribution in [1.82, 2.24) is 4.31 Å². The number of sulfonamides is 1. The Kier molecular flexibility index (Phi) is 3.71. The molecule has 1 heterocycles. The van der Waals surface area contributed by atoms with Crippen LogP contribution in [0.3, 0.4) is 0 Å². The van der Waals surface area contributed by atoms with E-state index in [-0.39, 0.29) is 28.7 Å². The molecule has 1 amide bonds. The first-order chi connectivity index (χ1) is 12.4. The van der Waals surface area contributed by atoms with Crippen LogP contribution in [-0.4, -0.2) is 42.4 Å². The predicted molar refractivity (Wildman–Crippen MR) is 95.8 cm³/mol. The second-order valence-electron chi connectivity index (χ2n) is 8.35. The first-order valence-electron chi connectivity index (χ1n) is 9.56. The Labute approximate surface area is 153 Å². The van der Waals surface area contributed by atoms with Crippen molar-refractivity contribution in [2.24, 2.45) is 23.7 Å². The third kappa shape index (κ3) is 2.37. The van der Waals surface area contributed by atoms with E-state index in [1.165, 1.54) is 4.31 Å². The highest BCUT2D eigenvalue weighted by molar-refractivity contribution is 7.89. The van der Waals surface area contributed by atoms with Crippen LogP contribution >= 0.6 is 0 Å². The summed E-state index contributed by atoms with van der Waals surface area (Å²) < 4.78 is 27.8. The molecule has 1 aromatic rings. The summed E-state index contributed by atoms with van der Waals surface area (Å²) in [6, 6.07) is 6.17. The highest BCUT2D eigenvalue weighted by Gasteiger charge is 2.61. The molecule has 4 fully saturated rings. The van der Waals surface area contributed by atoms with Crippen molar-refractivity contribution < 1.29 is 18.3 Å². The molecule has 3 aliphatic carbocycles. The number of nitrogens with one attached hydrogen (secondary N) is 1. The van der Waals surface area contributed by atoms with E-state index in [0.717, 1.165) is 32.1 Å². The van der Waals surface area contributed by atoms with Crippen LogP contribution < -0.4 is 5.32 Å². The summed E-state index contributed by atoms with van der Waals surface area (Å²) in [5.41, 5.74) is 0.628. The van der Waals surface area contributed by atoms with Crippen LogP contribution in [0.25, 0.3) is 0 Å². The number of rotatable bonds is 4. The number of nitrogens with zero attached hydrogens (tertiary/aromatic N) is 1. The molecule has 0 aromatic heterocycles. The van der Waals surface area contributed by atoms with E-state index in [9.17, 15) is 18.3 Å². The van der Waals surface area contributed by atoms with E-state index in [4.69, 9.17) is 0 Å². The number of amides is 1. The van der Waals surface area contributed by atoms with Crippen molar-refractivity contribution in [3.05, 3.63) is 24.3 Å². The zero-order chi connectivity index (χ0) is 18.1. The molecule has 4 aliphatic rings. The lowest BCUT2D eigenvalue weighted by molar-refractivity contribution is -0.122. The predicted octanol–water partition coefficient (Wildman–Crippen LogP) is 1.81. The number of hydrogen-bond donors (Lipinski definition) is 2. The minimum absolute atomic E-state index is 0.0168. The van der Waals surface area contributed by atoms with E-state index >= 15 is 0 Å². The second-order valence-corrected chi connectivity index (χ2v) is 10.2. The van der Waals surface area contributed by atoms with Gasteiger partial charge in [0.2, 0.25) is 15.9 Å². The Hall–Kier alpha value is -1.44. The Balaban J connectivity index is 1.35. The fraction of sp³-hybridized carbons (Fsp3) is 0.632. The number of hydrogen-bond acceptors (Lipinski definition) is 4.